The van der Waals surface area contributed by atoms with Gasteiger partial charge in [0.15, 0.2) is 0 Å². The number of amides is 2. The van der Waals surface area contributed by atoms with Gasteiger partial charge in [-0.3, -0.25) is 9.59 Å². The van der Waals surface area contributed by atoms with Crippen LogP contribution in [0.3, 0.4) is 0 Å². The van der Waals surface area contributed by atoms with Crippen LogP contribution in [-0.4, -0.2) is 47.8 Å². The zero-order valence-corrected chi connectivity index (χ0v) is 10.5. The minimum atomic E-state index is -0.956. The molecule has 1 rings (SSSR count). The molecule has 0 saturated carbocycles. The minimum absolute atomic E-state index is 0.00195. The molecule has 0 fully saturated rings. The standard InChI is InChI=1S/C13H18N2O4/c16-9-11(17)8-15-12(18)6-7-14-13(19)10-4-2-1-3-5-10/h1-5,11,16-17H,6-9H2,(H,14,19)(H,15,18). The van der Waals surface area contributed by atoms with Crippen molar-refractivity contribution in [2.45, 2.75) is 12.5 Å². The summed E-state index contributed by atoms with van der Waals surface area (Å²) in [5, 5.41) is 22.7. The lowest BCUT2D eigenvalue weighted by molar-refractivity contribution is -0.121. The molecule has 0 aromatic heterocycles. The third kappa shape index (κ3) is 5.98. The van der Waals surface area contributed by atoms with Crippen molar-refractivity contribution >= 4 is 11.8 Å². The molecule has 6 nitrogen and oxygen atoms in total. The van der Waals surface area contributed by atoms with Gasteiger partial charge in [-0.05, 0) is 12.1 Å². The second-order valence-electron chi connectivity index (χ2n) is 4.01. The molecule has 4 N–H and O–H groups in total. The summed E-state index contributed by atoms with van der Waals surface area (Å²) in [6, 6.07) is 8.71. The molecule has 0 radical (unpaired) electrons. The van der Waals surface area contributed by atoms with E-state index < -0.39 is 12.7 Å². The Balaban J connectivity index is 2.20. The Labute approximate surface area is 111 Å². The van der Waals surface area contributed by atoms with E-state index in [1.807, 2.05) is 6.07 Å². The lowest BCUT2D eigenvalue weighted by Gasteiger charge is -2.09. The smallest absolute Gasteiger partial charge is 0.251 e. The maximum Gasteiger partial charge on any atom is 0.251 e. The number of aliphatic hydroxyl groups excluding tert-OH is 2. The van der Waals surface area contributed by atoms with Crippen molar-refractivity contribution in [2.75, 3.05) is 19.7 Å². The first-order valence-corrected chi connectivity index (χ1v) is 6.02. The van der Waals surface area contributed by atoms with Gasteiger partial charge in [-0.2, -0.15) is 0 Å². The lowest BCUT2D eigenvalue weighted by Crippen LogP contribution is -2.36. The molecule has 0 bridgehead atoms. The van der Waals surface area contributed by atoms with Gasteiger partial charge in [0.25, 0.3) is 5.91 Å². The fraction of sp³-hybridized carbons (Fsp3) is 0.385. The van der Waals surface area contributed by atoms with Gasteiger partial charge in [0.2, 0.25) is 5.91 Å². The van der Waals surface area contributed by atoms with Crippen LogP contribution in [0.2, 0.25) is 0 Å². The average molecular weight is 266 g/mol. The number of hydrogen-bond donors (Lipinski definition) is 4. The average Bonchev–Trinajstić information content (AvgIpc) is 2.45. The number of aliphatic hydroxyl groups is 2. The maximum atomic E-state index is 11.6. The molecule has 0 aliphatic carbocycles. The number of carbonyl (C=O) groups is 2. The molecule has 0 saturated heterocycles. The summed E-state index contributed by atoms with van der Waals surface area (Å²) in [5.74, 6) is -0.523. The normalized spacial score (nSPS) is 11.7. The van der Waals surface area contributed by atoms with Crippen LogP contribution in [-0.2, 0) is 4.79 Å². The molecule has 0 heterocycles. The van der Waals surface area contributed by atoms with Crippen LogP contribution in [0.15, 0.2) is 30.3 Å². The van der Waals surface area contributed by atoms with Crippen molar-refractivity contribution in [3.05, 3.63) is 35.9 Å². The maximum absolute atomic E-state index is 11.6. The summed E-state index contributed by atoms with van der Waals surface area (Å²) in [6.07, 6.45) is -0.834. The zero-order chi connectivity index (χ0) is 14.1. The quantitative estimate of drug-likeness (QED) is 0.523. The highest BCUT2D eigenvalue weighted by Crippen LogP contribution is 1.97. The van der Waals surface area contributed by atoms with Gasteiger partial charge in [-0.1, -0.05) is 18.2 Å². The van der Waals surface area contributed by atoms with Crippen molar-refractivity contribution in [1.29, 1.82) is 0 Å². The van der Waals surface area contributed by atoms with E-state index in [0.29, 0.717) is 5.56 Å². The van der Waals surface area contributed by atoms with E-state index in [1.54, 1.807) is 24.3 Å². The van der Waals surface area contributed by atoms with Crippen molar-refractivity contribution < 1.29 is 19.8 Å². The van der Waals surface area contributed by atoms with Crippen molar-refractivity contribution in [1.82, 2.24) is 10.6 Å². The molecule has 1 atom stereocenters. The van der Waals surface area contributed by atoms with Gasteiger partial charge in [0.05, 0.1) is 12.7 Å². The minimum Gasteiger partial charge on any atom is -0.394 e. The molecule has 19 heavy (non-hydrogen) atoms. The van der Waals surface area contributed by atoms with E-state index in [2.05, 4.69) is 10.6 Å². The Morgan fingerprint density at radius 3 is 2.47 bits per heavy atom. The predicted molar refractivity (Wildman–Crippen MR) is 69.5 cm³/mol. The lowest BCUT2D eigenvalue weighted by atomic mass is 10.2. The van der Waals surface area contributed by atoms with E-state index in [4.69, 9.17) is 10.2 Å². The van der Waals surface area contributed by atoms with E-state index in [1.165, 1.54) is 0 Å². The Morgan fingerprint density at radius 2 is 1.84 bits per heavy atom. The molecular weight excluding hydrogens is 248 g/mol. The Bertz CT molecular complexity index is 408. The summed E-state index contributed by atoms with van der Waals surface area (Å²) in [5.41, 5.74) is 0.540. The molecule has 6 heteroatoms. The molecule has 0 aliphatic rings. The van der Waals surface area contributed by atoms with Gasteiger partial charge in [-0.15, -0.1) is 0 Å². The second-order valence-corrected chi connectivity index (χ2v) is 4.01. The van der Waals surface area contributed by atoms with Crippen LogP contribution < -0.4 is 10.6 Å². The fourth-order valence-electron chi connectivity index (χ4n) is 1.37. The highest BCUT2D eigenvalue weighted by Gasteiger charge is 2.07. The monoisotopic (exact) mass is 266 g/mol. The topological polar surface area (TPSA) is 98.7 Å². The van der Waals surface area contributed by atoms with E-state index >= 15 is 0 Å². The third-order valence-corrected chi connectivity index (χ3v) is 2.42. The van der Waals surface area contributed by atoms with Crippen LogP contribution in [0.4, 0.5) is 0 Å². The van der Waals surface area contributed by atoms with Gasteiger partial charge in [0.1, 0.15) is 0 Å². The molecule has 1 aromatic rings. The highest BCUT2D eigenvalue weighted by molar-refractivity contribution is 5.94. The highest BCUT2D eigenvalue weighted by atomic mass is 16.3. The first kappa shape index (κ1) is 15.1. The SMILES string of the molecule is O=C(CCNC(=O)c1ccccc1)NCC(O)CO. The summed E-state index contributed by atoms with van der Waals surface area (Å²) in [4.78, 5) is 22.9. The Hall–Kier alpha value is -1.92. The van der Waals surface area contributed by atoms with Gasteiger partial charge >= 0.3 is 0 Å². The number of hydrogen-bond acceptors (Lipinski definition) is 4. The van der Waals surface area contributed by atoms with Crippen LogP contribution >= 0.6 is 0 Å². The van der Waals surface area contributed by atoms with Gasteiger partial charge in [0, 0.05) is 25.1 Å². The largest absolute Gasteiger partial charge is 0.394 e. The summed E-state index contributed by atoms with van der Waals surface area (Å²) < 4.78 is 0. The number of carbonyl (C=O) groups excluding carboxylic acids is 2. The fourth-order valence-corrected chi connectivity index (χ4v) is 1.37. The summed E-state index contributed by atoms with van der Waals surface area (Å²) >= 11 is 0. The van der Waals surface area contributed by atoms with Crippen LogP contribution in [0.25, 0.3) is 0 Å². The van der Waals surface area contributed by atoms with E-state index in [0.717, 1.165) is 0 Å². The molecule has 0 aliphatic heterocycles. The van der Waals surface area contributed by atoms with Crippen molar-refractivity contribution in [3.63, 3.8) is 0 Å². The second kappa shape index (κ2) is 8.23. The summed E-state index contributed by atoms with van der Waals surface area (Å²) in [7, 11) is 0. The van der Waals surface area contributed by atoms with Crippen molar-refractivity contribution in [3.8, 4) is 0 Å². The number of rotatable bonds is 7. The Kier molecular flexibility index (Phi) is 6.56. The van der Waals surface area contributed by atoms with Gasteiger partial charge in [-0.25, -0.2) is 0 Å². The number of benzene rings is 1. The zero-order valence-electron chi connectivity index (χ0n) is 10.5. The molecule has 0 spiro atoms. The van der Waals surface area contributed by atoms with Gasteiger partial charge < -0.3 is 20.8 Å². The molecule has 104 valence electrons. The molecule has 1 aromatic carbocycles. The van der Waals surface area contributed by atoms with Crippen LogP contribution in [0.1, 0.15) is 16.8 Å². The van der Waals surface area contributed by atoms with Crippen LogP contribution in [0, 0.1) is 0 Å². The van der Waals surface area contributed by atoms with Crippen LogP contribution in [0.5, 0.6) is 0 Å². The van der Waals surface area contributed by atoms with Crippen molar-refractivity contribution in [2.24, 2.45) is 0 Å². The third-order valence-electron chi connectivity index (χ3n) is 2.42. The van der Waals surface area contributed by atoms with E-state index in [-0.39, 0.29) is 31.3 Å². The first-order valence-electron chi connectivity index (χ1n) is 6.02. The van der Waals surface area contributed by atoms with E-state index in [9.17, 15) is 9.59 Å². The summed E-state index contributed by atoms with van der Waals surface area (Å²) in [6.45, 7) is -0.179. The predicted octanol–water partition coefficient (Wildman–Crippen LogP) is -0.724. The first-order chi connectivity index (χ1) is 9.13. The molecular formula is C13H18N2O4. The number of nitrogens with one attached hydrogen (secondary N) is 2. The molecule has 2 amide bonds. The molecule has 1 unspecified atom stereocenters. The Morgan fingerprint density at radius 1 is 1.16 bits per heavy atom.